The van der Waals surface area contributed by atoms with Gasteiger partial charge in [0.2, 0.25) is 0 Å². The molecule has 4 fully saturated rings. The van der Waals surface area contributed by atoms with Crippen LogP contribution < -0.4 is 0 Å². The summed E-state index contributed by atoms with van der Waals surface area (Å²) >= 11 is 0. The SMILES string of the molecule is C[C@H]1[C@H]([C@H]2CC[C@H](C)[C@@H]([C@H]3O[C@@H]([C@@H]4OCC[C@H](O)[C@H]4C)CC[C@@H]3C)O2)OCC[C@@H]1O. The predicted molar refractivity (Wildman–Crippen MR) is 113 cm³/mol. The van der Waals surface area contributed by atoms with E-state index in [9.17, 15) is 10.2 Å². The van der Waals surface area contributed by atoms with Gasteiger partial charge in [-0.2, -0.15) is 0 Å². The van der Waals surface area contributed by atoms with E-state index in [0.29, 0.717) is 37.9 Å². The van der Waals surface area contributed by atoms with E-state index in [1.165, 1.54) is 0 Å². The Morgan fingerprint density at radius 1 is 0.533 bits per heavy atom. The second-order valence-electron chi connectivity index (χ2n) is 10.5. The Kier molecular flexibility index (Phi) is 7.43. The number of aliphatic hydroxyl groups is 2. The van der Waals surface area contributed by atoms with Crippen LogP contribution in [0.3, 0.4) is 0 Å². The zero-order valence-electron chi connectivity index (χ0n) is 19.1. The molecule has 0 spiro atoms. The Hall–Kier alpha value is -0.240. The van der Waals surface area contributed by atoms with Gasteiger partial charge < -0.3 is 29.2 Å². The topological polar surface area (TPSA) is 77.4 Å². The van der Waals surface area contributed by atoms with Crippen molar-refractivity contribution in [2.45, 2.75) is 115 Å². The van der Waals surface area contributed by atoms with Crippen molar-refractivity contribution in [3.63, 3.8) is 0 Å². The normalized spacial score (nSPS) is 53.4. The first-order valence-corrected chi connectivity index (χ1v) is 12.3. The molecular formula is C24H42O6. The van der Waals surface area contributed by atoms with Gasteiger partial charge in [-0.1, -0.05) is 27.7 Å². The summed E-state index contributed by atoms with van der Waals surface area (Å²) in [6, 6.07) is 0. The molecule has 4 rings (SSSR count). The van der Waals surface area contributed by atoms with Crippen LogP contribution in [0.4, 0.5) is 0 Å². The van der Waals surface area contributed by atoms with Crippen molar-refractivity contribution in [1.29, 1.82) is 0 Å². The van der Waals surface area contributed by atoms with Crippen LogP contribution in [-0.2, 0) is 18.9 Å². The smallest absolute Gasteiger partial charge is 0.0886 e. The Balaban J connectivity index is 1.45. The summed E-state index contributed by atoms with van der Waals surface area (Å²) < 4.78 is 25.5. The Morgan fingerprint density at radius 2 is 0.933 bits per heavy atom. The lowest BCUT2D eigenvalue weighted by atomic mass is 9.78. The lowest BCUT2D eigenvalue weighted by molar-refractivity contribution is -0.247. The highest BCUT2D eigenvalue weighted by Gasteiger charge is 2.47. The Labute approximate surface area is 181 Å². The highest BCUT2D eigenvalue weighted by Crippen LogP contribution is 2.40. The summed E-state index contributed by atoms with van der Waals surface area (Å²) in [4.78, 5) is 0. The van der Waals surface area contributed by atoms with Gasteiger partial charge in [-0.15, -0.1) is 0 Å². The second kappa shape index (κ2) is 9.72. The summed E-state index contributed by atoms with van der Waals surface area (Å²) in [6.07, 6.45) is 4.91. The average molecular weight is 427 g/mol. The van der Waals surface area contributed by atoms with E-state index in [2.05, 4.69) is 27.7 Å². The predicted octanol–water partition coefficient (Wildman–Crippen LogP) is 2.93. The zero-order valence-corrected chi connectivity index (χ0v) is 19.1. The molecule has 4 aliphatic rings. The quantitative estimate of drug-likeness (QED) is 0.723. The Morgan fingerprint density at radius 3 is 1.33 bits per heavy atom. The highest BCUT2D eigenvalue weighted by atomic mass is 16.6. The van der Waals surface area contributed by atoms with Gasteiger partial charge in [-0.05, 0) is 50.4 Å². The van der Waals surface area contributed by atoms with Gasteiger partial charge in [0.25, 0.3) is 0 Å². The van der Waals surface area contributed by atoms with Gasteiger partial charge in [-0.3, -0.25) is 0 Å². The van der Waals surface area contributed by atoms with E-state index in [4.69, 9.17) is 18.9 Å². The highest BCUT2D eigenvalue weighted by molar-refractivity contribution is 4.95. The fourth-order valence-corrected chi connectivity index (χ4v) is 6.09. The van der Waals surface area contributed by atoms with Crippen molar-refractivity contribution >= 4 is 0 Å². The number of rotatable bonds is 3. The third-order valence-electron chi connectivity index (χ3n) is 8.35. The molecular weight excluding hydrogens is 384 g/mol. The first-order valence-electron chi connectivity index (χ1n) is 12.3. The van der Waals surface area contributed by atoms with Gasteiger partial charge >= 0.3 is 0 Å². The standard InChI is InChI=1S/C24H42O6/c1-13-5-7-19(23-15(3)17(25)9-11-27-23)29-21(13)22-14(2)6-8-20(30-22)24-16(4)18(26)10-12-28-24/h13-26H,5-12H2,1-4H3/t13-,14-,15+,16+,17-,18-,19+,20+,21-,22-,23+,24+/m0/s1. The third kappa shape index (κ3) is 4.60. The van der Waals surface area contributed by atoms with Crippen LogP contribution in [0.5, 0.6) is 0 Å². The summed E-state index contributed by atoms with van der Waals surface area (Å²) in [5, 5.41) is 20.6. The molecule has 0 aromatic heterocycles. The maximum atomic E-state index is 10.3. The first-order chi connectivity index (χ1) is 14.4. The monoisotopic (exact) mass is 426 g/mol. The van der Waals surface area contributed by atoms with E-state index >= 15 is 0 Å². The minimum absolute atomic E-state index is 0.0130. The summed E-state index contributed by atoms with van der Waals surface area (Å²) in [7, 11) is 0. The van der Waals surface area contributed by atoms with Crippen LogP contribution >= 0.6 is 0 Å². The van der Waals surface area contributed by atoms with Crippen molar-refractivity contribution in [1.82, 2.24) is 0 Å². The molecule has 12 atom stereocenters. The molecule has 4 heterocycles. The minimum atomic E-state index is -0.309. The largest absolute Gasteiger partial charge is 0.393 e. The average Bonchev–Trinajstić information content (AvgIpc) is 2.73. The summed E-state index contributed by atoms with van der Waals surface area (Å²) in [5.41, 5.74) is 0. The van der Waals surface area contributed by atoms with Gasteiger partial charge in [0, 0.05) is 25.0 Å². The maximum Gasteiger partial charge on any atom is 0.0886 e. The van der Waals surface area contributed by atoms with E-state index in [1.54, 1.807) is 0 Å². The molecule has 6 heteroatoms. The van der Waals surface area contributed by atoms with Crippen molar-refractivity contribution in [3.8, 4) is 0 Å². The molecule has 6 nitrogen and oxygen atoms in total. The Bertz CT molecular complexity index is 510. The number of hydrogen-bond acceptors (Lipinski definition) is 6. The molecule has 4 aliphatic heterocycles. The van der Waals surface area contributed by atoms with Gasteiger partial charge in [0.05, 0.1) is 48.8 Å². The molecule has 2 N–H and O–H groups in total. The van der Waals surface area contributed by atoms with E-state index in [-0.39, 0.29) is 60.7 Å². The zero-order chi connectivity index (χ0) is 21.4. The van der Waals surface area contributed by atoms with Crippen molar-refractivity contribution in [3.05, 3.63) is 0 Å². The molecule has 4 saturated heterocycles. The van der Waals surface area contributed by atoms with E-state index in [0.717, 1.165) is 25.7 Å². The van der Waals surface area contributed by atoms with Gasteiger partial charge in [0.1, 0.15) is 0 Å². The van der Waals surface area contributed by atoms with Crippen LogP contribution in [0.1, 0.15) is 66.2 Å². The summed E-state index contributed by atoms with van der Waals surface area (Å²) in [6.45, 7) is 9.90. The van der Waals surface area contributed by atoms with Crippen LogP contribution in [0.2, 0.25) is 0 Å². The van der Waals surface area contributed by atoms with Crippen LogP contribution in [0.15, 0.2) is 0 Å². The number of aliphatic hydroxyl groups excluding tert-OH is 2. The van der Waals surface area contributed by atoms with Gasteiger partial charge in [-0.25, -0.2) is 0 Å². The van der Waals surface area contributed by atoms with Crippen molar-refractivity contribution in [2.24, 2.45) is 23.7 Å². The molecule has 0 aromatic carbocycles. The molecule has 0 aliphatic carbocycles. The van der Waals surface area contributed by atoms with Crippen LogP contribution in [0, 0.1) is 23.7 Å². The lowest BCUT2D eigenvalue weighted by Crippen LogP contribution is -2.56. The van der Waals surface area contributed by atoms with Crippen LogP contribution in [0.25, 0.3) is 0 Å². The number of hydrogen-bond donors (Lipinski definition) is 2. The number of ether oxygens (including phenoxy) is 4. The molecule has 0 saturated carbocycles. The fraction of sp³-hybridized carbons (Fsp3) is 1.00. The molecule has 0 amide bonds. The third-order valence-corrected chi connectivity index (χ3v) is 8.35. The van der Waals surface area contributed by atoms with E-state index < -0.39 is 0 Å². The lowest BCUT2D eigenvalue weighted by Gasteiger charge is -2.49. The fourth-order valence-electron chi connectivity index (χ4n) is 6.09. The van der Waals surface area contributed by atoms with Crippen molar-refractivity contribution in [2.75, 3.05) is 13.2 Å². The van der Waals surface area contributed by atoms with Crippen molar-refractivity contribution < 1.29 is 29.2 Å². The van der Waals surface area contributed by atoms with Gasteiger partial charge in [0.15, 0.2) is 0 Å². The molecule has 0 radical (unpaired) electrons. The summed E-state index contributed by atoms with van der Waals surface area (Å²) in [5.74, 6) is 1.03. The molecule has 0 aromatic rings. The van der Waals surface area contributed by atoms with E-state index in [1.807, 2.05) is 0 Å². The molecule has 30 heavy (non-hydrogen) atoms. The minimum Gasteiger partial charge on any atom is -0.393 e. The first kappa shape index (κ1) is 22.9. The molecule has 0 unspecified atom stereocenters. The molecule has 0 bridgehead atoms. The van der Waals surface area contributed by atoms with Crippen LogP contribution in [-0.4, -0.2) is 72.3 Å². The molecule has 174 valence electrons. The maximum absolute atomic E-state index is 10.3. The second-order valence-corrected chi connectivity index (χ2v) is 10.5.